The third-order valence-corrected chi connectivity index (χ3v) is 4.93. The smallest absolute Gasteiger partial charge is 0.254 e. The summed E-state index contributed by atoms with van der Waals surface area (Å²) in [7, 11) is 1.80. The number of carbonyl (C=O) groups excluding carboxylic acids is 2. The number of amides is 2. The van der Waals surface area contributed by atoms with Crippen LogP contribution in [-0.2, 0) is 11.3 Å². The number of hydrogen-bond donors (Lipinski definition) is 0. The lowest BCUT2D eigenvalue weighted by molar-refractivity contribution is -0.136. The highest BCUT2D eigenvalue weighted by Crippen LogP contribution is 2.22. The first-order chi connectivity index (χ1) is 11.1. The molecule has 0 aromatic carbocycles. The molecular formula is C17H20N2O3S. The Morgan fingerprint density at radius 3 is 2.74 bits per heavy atom. The Morgan fingerprint density at radius 2 is 2.13 bits per heavy atom. The quantitative estimate of drug-likeness (QED) is 0.865. The standard InChI is InChI=1S/C17H20N2O3S/c1-18(11-15-3-2-9-22-15)16(20)13-4-7-19(8-5-13)17(21)14-6-10-23-12-14/h2-3,6,9-10,12-13H,4-5,7-8,11H2,1H3. The van der Waals surface area contributed by atoms with Gasteiger partial charge in [-0.1, -0.05) is 0 Å². The van der Waals surface area contributed by atoms with Crippen LogP contribution in [0.2, 0.25) is 0 Å². The molecule has 122 valence electrons. The predicted molar refractivity (Wildman–Crippen MR) is 88.1 cm³/mol. The highest BCUT2D eigenvalue weighted by Gasteiger charge is 2.29. The molecule has 1 aliphatic rings. The van der Waals surface area contributed by atoms with Gasteiger partial charge in [0.1, 0.15) is 5.76 Å². The molecule has 0 atom stereocenters. The molecule has 0 spiro atoms. The van der Waals surface area contributed by atoms with E-state index in [1.54, 1.807) is 18.2 Å². The van der Waals surface area contributed by atoms with Crippen molar-refractivity contribution in [3.8, 4) is 0 Å². The third kappa shape index (κ3) is 3.64. The van der Waals surface area contributed by atoms with Crippen LogP contribution in [0, 0.1) is 5.92 Å². The Kier molecular flexibility index (Phi) is 4.81. The van der Waals surface area contributed by atoms with Crippen molar-refractivity contribution in [3.63, 3.8) is 0 Å². The van der Waals surface area contributed by atoms with Crippen molar-refractivity contribution in [2.24, 2.45) is 5.92 Å². The van der Waals surface area contributed by atoms with E-state index in [9.17, 15) is 9.59 Å². The molecule has 0 saturated carbocycles. The first-order valence-corrected chi connectivity index (χ1v) is 8.68. The van der Waals surface area contributed by atoms with Crippen LogP contribution < -0.4 is 0 Å². The van der Waals surface area contributed by atoms with E-state index >= 15 is 0 Å². The van der Waals surface area contributed by atoms with Gasteiger partial charge in [-0.3, -0.25) is 9.59 Å². The Bertz CT molecular complexity index is 643. The zero-order valence-electron chi connectivity index (χ0n) is 13.1. The molecule has 0 radical (unpaired) electrons. The van der Waals surface area contributed by atoms with Crippen LogP contribution in [-0.4, -0.2) is 41.8 Å². The molecule has 23 heavy (non-hydrogen) atoms. The zero-order valence-corrected chi connectivity index (χ0v) is 13.9. The molecule has 0 bridgehead atoms. The van der Waals surface area contributed by atoms with Gasteiger partial charge in [0.25, 0.3) is 5.91 Å². The summed E-state index contributed by atoms with van der Waals surface area (Å²) in [6.45, 7) is 1.76. The summed E-state index contributed by atoms with van der Waals surface area (Å²) in [4.78, 5) is 28.4. The van der Waals surface area contributed by atoms with Gasteiger partial charge in [-0.25, -0.2) is 0 Å². The summed E-state index contributed by atoms with van der Waals surface area (Å²) in [5.41, 5.74) is 0.745. The van der Waals surface area contributed by atoms with E-state index in [0.29, 0.717) is 19.6 Å². The SMILES string of the molecule is CN(Cc1ccco1)C(=O)C1CCN(C(=O)c2ccsc2)CC1. The number of nitrogens with zero attached hydrogens (tertiary/aromatic N) is 2. The van der Waals surface area contributed by atoms with Gasteiger partial charge in [0.05, 0.1) is 18.4 Å². The van der Waals surface area contributed by atoms with Crippen molar-refractivity contribution >= 4 is 23.2 Å². The number of piperidine rings is 1. The lowest BCUT2D eigenvalue weighted by Crippen LogP contribution is -2.43. The topological polar surface area (TPSA) is 53.8 Å². The number of rotatable bonds is 4. The number of thiophene rings is 1. The summed E-state index contributed by atoms with van der Waals surface area (Å²) >= 11 is 1.53. The van der Waals surface area contributed by atoms with Crippen molar-refractivity contribution in [2.45, 2.75) is 19.4 Å². The normalized spacial score (nSPS) is 15.6. The van der Waals surface area contributed by atoms with E-state index in [1.165, 1.54) is 11.3 Å². The van der Waals surface area contributed by atoms with Crippen LogP contribution in [0.25, 0.3) is 0 Å². The average molecular weight is 332 g/mol. The molecular weight excluding hydrogens is 312 g/mol. The molecule has 1 aliphatic heterocycles. The van der Waals surface area contributed by atoms with Crippen LogP contribution >= 0.6 is 11.3 Å². The fourth-order valence-electron chi connectivity index (χ4n) is 2.92. The van der Waals surface area contributed by atoms with Crippen molar-refractivity contribution in [1.82, 2.24) is 9.80 Å². The lowest BCUT2D eigenvalue weighted by atomic mass is 9.95. The van der Waals surface area contributed by atoms with E-state index in [2.05, 4.69) is 0 Å². The average Bonchev–Trinajstić information content (AvgIpc) is 3.27. The summed E-state index contributed by atoms with van der Waals surface area (Å²) in [5, 5.41) is 3.78. The first kappa shape index (κ1) is 15.8. The Hall–Kier alpha value is -2.08. The Labute approximate surface area is 139 Å². The second-order valence-electron chi connectivity index (χ2n) is 5.85. The maximum Gasteiger partial charge on any atom is 0.254 e. The van der Waals surface area contributed by atoms with Gasteiger partial charge in [-0.05, 0) is 36.4 Å². The first-order valence-electron chi connectivity index (χ1n) is 7.74. The molecule has 2 aromatic rings. The van der Waals surface area contributed by atoms with Crippen molar-refractivity contribution < 1.29 is 14.0 Å². The van der Waals surface area contributed by atoms with Gasteiger partial charge in [-0.2, -0.15) is 11.3 Å². The molecule has 2 amide bonds. The molecule has 1 saturated heterocycles. The number of furan rings is 1. The van der Waals surface area contributed by atoms with Gasteiger partial charge in [0.15, 0.2) is 0 Å². The van der Waals surface area contributed by atoms with Crippen molar-refractivity contribution in [3.05, 3.63) is 46.5 Å². The second-order valence-corrected chi connectivity index (χ2v) is 6.63. The minimum atomic E-state index is -0.0125. The third-order valence-electron chi connectivity index (χ3n) is 4.25. The summed E-state index contributed by atoms with van der Waals surface area (Å²) in [6.07, 6.45) is 3.05. The Balaban J connectivity index is 1.52. The second kappa shape index (κ2) is 7.00. The minimum absolute atomic E-state index is 0.0125. The van der Waals surface area contributed by atoms with Gasteiger partial charge in [0.2, 0.25) is 5.91 Å². The summed E-state index contributed by atoms with van der Waals surface area (Å²) in [5.74, 6) is 0.970. The van der Waals surface area contributed by atoms with E-state index in [0.717, 1.165) is 24.2 Å². The molecule has 5 nitrogen and oxygen atoms in total. The van der Waals surface area contributed by atoms with E-state index < -0.39 is 0 Å². The highest BCUT2D eigenvalue weighted by molar-refractivity contribution is 7.08. The fourth-order valence-corrected chi connectivity index (χ4v) is 3.55. The van der Waals surface area contributed by atoms with Crippen LogP contribution in [0.1, 0.15) is 29.0 Å². The monoisotopic (exact) mass is 332 g/mol. The summed E-state index contributed by atoms with van der Waals surface area (Å²) < 4.78 is 5.29. The number of likely N-dealkylation sites (tertiary alicyclic amines) is 1. The molecule has 0 unspecified atom stereocenters. The molecule has 1 fully saturated rings. The van der Waals surface area contributed by atoms with E-state index in [1.807, 2.05) is 33.9 Å². The molecule has 3 heterocycles. The lowest BCUT2D eigenvalue weighted by Gasteiger charge is -2.33. The number of hydrogen-bond acceptors (Lipinski definition) is 4. The number of carbonyl (C=O) groups is 2. The van der Waals surface area contributed by atoms with Crippen LogP contribution in [0.3, 0.4) is 0 Å². The van der Waals surface area contributed by atoms with Crippen LogP contribution in [0.15, 0.2) is 39.6 Å². The van der Waals surface area contributed by atoms with Crippen molar-refractivity contribution in [1.29, 1.82) is 0 Å². The maximum atomic E-state index is 12.5. The van der Waals surface area contributed by atoms with Gasteiger partial charge < -0.3 is 14.2 Å². The molecule has 2 aromatic heterocycles. The Morgan fingerprint density at radius 1 is 1.35 bits per heavy atom. The maximum absolute atomic E-state index is 12.5. The van der Waals surface area contributed by atoms with Crippen LogP contribution in [0.5, 0.6) is 0 Å². The molecule has 3 rings (SSSR count). The fraction of sp³-hybridized carbons (Fsp3) is 0.412. The molecule has 0 aliphatic carbocycles. The molecule has 6 heteroatoms. The van der Waals surface area contributed by atoms with Crippen LogP contribution in [0.4, 0.5) is 0 Å². The van der Waals surface area contributed by atoms with E-state index in [4.69, 9.17) is 4.42 Å². The predicted octanol–water partition coefficient (Wildman–Crippen LogP) is 2.85. The minimum Gasteiger partial charge on any atom is -0.467 e. The summed E-state index contributed by atoms with van der Waals surface area (Å²) in [6, 6.07) is 5.54. The van der Waals surface area contributed by atoms with Crippen molar-refractivity contribution in [2.75, 3.05) is 20.1 Å². The van der Waals surface area contributed by atoms with Gasteiger partial charge in [-0.15, -0.1) is 0 Å². The molecule has 0 N–H and O–H groups in total. The highest BCUT2D eigenvalue weighted by atomic mass is 32.1. The largest absolute Gasteiger partial charge is 0.467 e. The van der Waals surface area contributed by atoms with Gasteiger partial charge >= 0.3 is 0 Å². The van der Waals surface area contributed by atoms with Gasteiger partial charge in [0, 0.05) is 31.4 Å². The van der Waals surface area contributed by atoms with E-state index in [-0.39, 0.29) is 17.7 Å². The zero-order chi connectivity index (χ0) is 16.2.